The quantitative estimate of drug-likeness (QED) is 0.0287. The van der Waals surface area contributed by atoms with E-state index in [0.717, 1.165) is 33.8 Å². The molecule has 5 aromatic carbocycles. The molecule has 7 nitrogen and oxygen atoms in total. The molecule has 60 heavy (non-hydrogen) atoms. The fraction of sp³-hybridized carbons (Fsp3) is 0.275. The van der Waals surface area contributed by atoms with Crippen molar-refractivity contribution < 1.29 is 19.8 Å². The molecule has 0 saturated heterocycles. The maximum Gasteiger partial charge on any atom is 0.320 e. The van der Waals surface area contributed by atoms with E-state index >= 15 is 0 Å². The highest BCUT2D eigenvalue weighted by atomic mass is 32.2. The average molecular weight is 836 g/mol. The van der Waals surface area contributed by atoms with Crippen LogP contribution in [0.25, 0.3) is 10.8 Å². The fourth-order valence-electron chi connectivity index (χ4n) is 7.70. The number of aromatic nitrogens is 1. The molecule has 1 amide bonds. The predicted molar refractivity (Wildman–Crippen MR) is 250 cm³/mol. The van der Waals surface area contributed by atoms with Gasteiger partial charge in [-0.25, -0.2) is 0 Å². The van der Waals surface area contributed by atoms with E-state index in [-0.39, 0.29) is 18.9 Å². The summed E-state index contributed by atoms with van der Waals surface area (Å²) in [6.07, 6.45) is 3.95. The molecule has 0 bridgehead atoms. The van der Waals surface area contributed by atoms with E-state index in [2.05, 4.69) is 122 Å². The number of aliphatic hydroxyl groups excluding tert-OH is 1. The number of nitrogens with zero attached hydrogens (tertiary/aromatic N) is 2. The van der Waals surface area contributed by atoms with Crippen LogP contribution in [0.3, 0.4) is 0 Å². The van der Waals surface area contributed by atoms with Gasteiger partial charge >= 0.3 is 5.97 Å². The molecule has 6 aromatic rings. The van der Waals surface area contributed by atoms with Gasteiger partial charge in [-0.15, -0.1) is 11.8 Å². The number of rotatable bonds is 21. The lowest BCUT2D eigenvalue weighted by atomic mass is 9.84. The molecule has 310 valence electrons. The highest BCUT2D eigenvalue weighted by molar-refractivity contribution is 8.00. The van der Waals surface area contributed by atoms with Crippen LogP contribution in [0.5, 0.6) is 0 Å². The summed E-state index contributed by atoms with van der Waals surface area (Å²) in [6, 6.07) is 52.0. The second-order valence-electron chi connectivity index (χ2n) is 16.5. The number of nitrogens with one attached hydrogen (secondary N) is 1. The molecule has 0 aliphatic heterocycles. The third kappa shape index (κ3) is 12.1. The molecule has 1 heterocycles. The second-order valence-corrected chi connectivity index (χ2v) is 23.4. The lowest BCUT2D eigenvalue weighted by Gasteiger charge is -2.35. The molecular formula is C51H57N3O4SSi. The number of hydrogen-bond acceptors (Lipinski definition) is 6. The van der Waals surface area contributed by atoms with Gasteiger partial charge < -0.3 is 15.5 Å². The maximum atomic E-state index is 13.0. The number of aliphatic hydroxyl groups is 1. The van der Waals surface area contributed by atoms with E-state index in [1.165, 1.54) is 16.7 Å². The average Bonchev–Trinajstić information content (AvgIpc) is 3.25. The standard InChI is InChI=1S/C51H57N3O4SSi/c1-60(2,3)34-32-48(50(57)58)54(37-40-21-17-20-39-19-13-14-31-47(39)40)38-45-29-18-28-44(53-45)36-52-49(56)35-46(55)30-15-16-33-59-51(41-22-7-4-8-23-41,42-24-9-5-10-25-42)43-26-11-6-12-27-43/h4-15,17-31,46,48,55H,16,32-38H2,1-3H3,(H,52,56)(H,57,58)/t46?,48-/m0/s1. The van der Waals surface area contributed by atoms with Gasteiger partial charge in [0.1, 0.15) is 6.04 Å². The Kier molecular flexibility index (Phi) is 15.7. The number of fused-ring (bicyclic) bond motifs is 1. The summed E-state index contributed by atoms with van der Waals surface area (Å²) < 4.78 is -0.415. The minimum absolute atomic E-state index is 0.0679. The number of aliphatic carboxylic acids is 1. The van der Waals surface area contributed by atoms with Crippen LogP contribution >= 0.6 is 11.8 Å². The van der Waals surface area contributed by atoms with E-state index in [1.807, 2.05) is 77.3 Å². The minimum atomic E-state index is -1.50. The van der Waals surface area contributed by atoms with Crippen LogP contribution in [0, 0.1) is 0 Å². The zero-order chi connectivity index (χ0) is 42.4. The molecule has 0 aliphatic rings. The van der Waals surface area contributed by atoms with Gasteiger partial charge in [-0.3, -0.25) is 19.5 Å². The minimum Gasteiger partial charge on any atom is -0.480 e. The first-order valence-corrected chi connectivity index (χ1v) is 25.5. The van der Waals surface area contributed by atoms with Crippen LogP contribution in [-0.2, 0) is 34.0 Å². The molecular weight excluding hydrogens is 779 g/mol. The Morgan fingerprint density at radius 3 is 1.93 bits per heavy atom. The molecule has 6 rings (SSSR count). The summed E-state index contributed by atoms with van der Waals surface area (Å²) in [5.41, 5.74) is 6.08. The molecule has 0 aliphatic carbocycles. The third-order valence-electron chi connectivity index (χ3n) is 10.7. The number of carbonyl (C=O) groups is 2. The van der Waals surface area contributed by atoms with Crippen LogP contribution in [-0.4, -0.2) is 57.9 Å². The smallest absolute Gasteiger partial charge is 0.320 e. The van der Waals surface area contributed by atoms with Crippen LogP contribution < -0.4 is 5.32 Å². The van der Waals surface area contributed by atoms with Crippen molar-refractivity contribution in [2.45, 2.75) is 81.5 Å². The van der Waals surface area contributed by atoms with Crippen LogP contribution in [0.4, 0.5) is 0 Å². The normalized spacial score (nSPS) is 13.1. The Hall–Kier alpha value is -5.32. The molecule has 9 heteroatoms. The monoisotopic (exact) mass is 835 g/mol. The van der Waals surface area contributed by atoms with Crippen molar-refractivity contribution in [1.82, 2.24) is 15.2 Å². The number of amides is 1. The van der Waals surface area contributed by atoms with Crippen LogP contribution in [0.1, 0.15) is 52.9 Å². The molecule has 1 aromatic heterocycles. The lowest BCUT2D eigenvalue weighted by molar-refractivity contribution is -0.144. The Morgan fingerprint density at radius 2 is 1.32 bits per heavy atom. The largest absolute Gasteiger partial charge is 0.480 e. The Balaban J connectivity index is 1.06. The van der Waals surface area contributed by atoms with Gasteiger partial charge in [-0.05, 0) is 63.8 Å². The summed E-state index contributed by atoms with van der Waals surface area (Å²) >= 11 is 1.86. The van der Waals surface area contributed by atoms with Crippen LogP contribution in [0.2, 0.25) is 25.7 Å². The summed E-state index contributed by atoms with van der Waals surface area (Å²) in [4.78, 5) is 32.7. The number of hydrogen-bond donors (Lipinski definition) is 3. The van der Waals surface area contributed by atoms with Crippen molar-refractivity contribution in [2.24, 2.45) is 0 Å². The lowest BCUT2D eigenvalue weighted by Crippen LogP contribution is -2.41. The Labute approximate surface area is 360 Å². The molecule has 2 atom stereocenters. The van der Waals surface area contributed by atoms with E-state index in [4.69, 9.17) is 4.98 Å². The summed E-state index contributed by atoms with van der Waals surface area (Å²) in [5.74, 6) is -0.316. The Bertz CT molecular complexity index is 2220. The van der Waals surface area contributed by atoms with E-state index in [0.29, 0.717) is 31.6 Å². The highest BCUT2D eigenvalue weighted by Crippen LogP contribution is 2.48. The van der Waals surface area contributed by atoms with Crippen molar-refractivity contribution >= 4 is 42.5 Å². The molecule has 0 fully saturated rings. The second kappa shape index (κ2) is 21.3. The Morgan fingerprint density at radius 1 is 0.750 bits per heavy atom. The first-order valence-electron chi connectivity index (χ1n) is 20.8. The maximum absolute atomic E-state index is 13.0. The SMILES string of the molecule is C[Si](C)(C)CC[C@@H](C(=O)O)N(Cc1cccc(CNC(=O)CC(O)C=CCCSC(c2ccccc2)(c2ccccc2)c2ccccc2)n1)Cc1cccc2ccccc12. The number of carbonyl (C=O) groups excluding carboxylic acids is 1. The van der Waals surface area contributed by atoms with E-state index in [9.17, 15) is 19.8 Å². The number of pyridine rings is 1. The van der Waals surface area contributed by atoms with Gasteiger partial charge in [-0.2, -0.15) is 0 Å². The van der Waals surface area contributed by atoms with Gasteiger partial charge in [0.15, 0.2) is 0 Å². The zero-order valence-electron chi connectivity index (χ0n) is 34.9. The number of thioether (sulfide) groups is 1. The number of carboxylic acids is 1. The van der Waals surface area contributed by atoms with Crippen molar-refractivity contribution in [3.63, 3.8) is 0 Å². The molecule has 1 unspecified atom stereocenters. The summed E-state index contributed by atoms with van der Waals surface area (Å²) in [7, 11) is -1.50. The van der Waals surface area contributed by atoms with E-state index < -0.39 is 30.9 Å². The number of benzene rings is 5. The van der Waals surface area contributed by atoms with Crippen LogP contribution in [0.15, 0.2) is 164 Å². The van der Waals surface area contributed by atoms with E-state index in [1.54, 1.807) is 6.08 Å². The number of carboxylic acid groups (broad SMARTS) is 1. The van der Waals surface area contributed by atoms with Crippen molar-refractivity contribution in [3.05, 3.63) is 197 Å². The fourth-order valence-corrected chi connectivity index (χ4v) is 10.3. The summed E-state index contributed by atoms with van der Waals surface area (Å²) in [6.45, 7) is 7.81. The molecule has 3 N–H and O–H groups in total. The summed E-state index contributed by atoms with van der Waals surface area (Å²) in [5, 5.41) is 26.5. The molecule has 0 spiro atoms. The third-order valence-corrected chi connectivity index (χ3v) is 14.1. The van der Waals surface area contributed by atoms with Crippen molar-refractivity contribution in [2.75, 3.05) is 5.75 Å². The predicted octanol–water partition coefficient (Wildman–Crippen LogP) is 10.5. The van der Waals surface area contributed by atoms with Gasteiger partial charge in [0.05, 0.1) is 35.2 Å². The van der Waals surface area contributed by atoms with Crippen molar-refractivity contribution in [3.8, 4) is 0 Å². The first-order chi connectivity index (χ1) is 29.0. The van der Waals surface area contributed by atoms with Gasteiger partial charge in [0.2, 0.25) is 5.91 Å². The van der Waals surface area contributed by atoms with Gasteiger partial charge in [0.25, 0.3) is 0 Å². The van der Waals surface area contributed by atoms with Gasteiger partial charge in [-0.1, -0.05) is 177 Å². The highest BCUT2D eigenvalue weighted by Gasteiger charge is 2.36. The van der Waals surface area contributed by atoms with Crippen molar-refractivity contribution in [1.29, 1.82) is 0 Å². The van der Waals surface area contributed by atoms with Gasteiger partial charge in [0, 0.05) is 21.2 Å². The molecule has 0 radical (unpaired) electrons. The zero-order valence-corrected chi connectivity index (χ0v) is 36.7. The molecule has 0 saturated carbocycles. The number of allylic oxidation sites excluding steroid dienone is 1. The topological polar surface area (TPSA) is 103 Å². The first kappa shape index (κ1) is 44.2.